The van der Waals surface area contributed by atoms with Gasteiger partial charge in [-0.25, -0.2) is 4.98 Å². The fourth-order valence-electron chi connectivity index (χ4n) is 2.38. The quantitative estimate of drug-likeness (QED) is 0.781. The van der Waals surface area contributed by atoms with Gasteiger partial charge in [-0.3, -0.25) is 0 Å². The van der Waals surface area contributed by atoms with Gasteiger partial charge in [-0.05, 0) is 35.6 Å². The largest absolute Gasteiger partial charge is 0.326 e. The molecule has 3 rings (SSSR count). The molecule has 0 spiro atoms. The van der Waals surface area contributed by atoms with Gasteiger partial charge < -0.3 is 10.3 Å². The minimum absolute atomic E-state index is 0.533. The first-order chi connectivity index (χ1) is 9.74. The Morgan fingerprint density at radius 1 is 1.35 bits per heavy atom. The molecule has 104 valence electrons. The van der Waals surface area contributed by atoms with Gasteiger partial charge in [0.25, 0.3) is 0 Å². The Kier molecular flexibility index (Phi) is 3.78. The molecule has 1 aromatic carbocycles. The monoisotopic (exact) mass is 305 g/mol. The zero-order valence-corrected chi connectivity index (χ0v) is 12.8. The number of hydrogen-bond acceptors (Lipinski definition) is 3. The van der Waals surface area contributed by atoms with E-state index in [1.54, 1.807) is 11.3 Å². The van der Waals surface area contributed by atoms with Crippen molar-refractivity contribution in [3.63, 3.8) is 0 Å². The van der Waals surface area contributed by atoms with Crippen LogP contribution in [-0.2, 0) is 13.1 Å². The van der Waals surface area contributed by atoms with Crippen LogP contribution >= 0.6 is 22.9 Å². The minimum Gasteiger partial charge on any atom is -0.326 e. The van der Waals surface area contributed by atoms with Crippen LogP contribution in [0.25, 0.3) is 21.7 Å². The maximum absolute atomic E-state index is 6.27. The summed E-state index contributed by atoms with van der Waals surface area (Å²) < 4.78 is 2.24. The minimum atomic E-state index is 0.533. The van der Waals surface area contributed by atoms with Crippen molar-refractivity contribution in [1.29, 1.82) is 0 Å². The maximum Gasteiger partial charge on any atom is 0.152 e. The third-order valence-electron chi connectivity index (χ3n) is 3.32. The van der Waals surface area contributed by atoms with Crippen LogP contribution < -0.4 is 5.73 Å². The number of imidazole rings is 1. The van der Waals surface area contributed by atoms with E-state index in [4.69, 9.17) is 22.3 Å². The Morgan fingerprint density at radius 2 is 2.20 bits per heavy atom. The first-order valence-electron chi connectivity index (χ1n) is 6.67. The lowest BCUT2D eigenvalue weighted by Crippen LogP contribution is -1.99. The summed E-state index contributed by atoms with van der Waals surface area (Å²) in [4.78, 5) is 5.81. The van der Waals surface area contributed by atoms with Gasteiger partial charge in [-0.2, -0.15) is 0 Å². The molecule has 0 fully saturated rings. The Labute approximate surface area is 127 Å². The van der Waals surface area contributed by atoms with Crippen molar-refractivity contribution in [3.05, 3.63) is 40.2 Å². The lowest BCUT2D eigenvalue weighted by molar-refractivity contribution is 0.705. The molecule has 0 amide bonds. The van der Waals surface area contributed by atoms with Gasteiger partial charge in [0.1, 0.15) is 0 Å². The zero-order chi connectivity index (χ0) is 14.1. The van der Waals surface area contributed by atoms with Crippen molar-refractivity contribution in [2.24, 2.45) is 5.73 Å². The number of aryl methyl sites for hydroxylation is 1. The standard InChI is InChI=1S/C15H16ClN3S/c1-2-6-19-13-4-3-10(9-17)8-12(13)18-15(19)14-11(16)5-7-20-14/h3-5,7-8H,2,6,9,17H2,1H3. The molecular weight excluding hydrogens is 290 g/mol. The SMILES string of the molecule is CCCn1c(-c2sccc2Cl)nc2cc(CN)ccc21. The highest BCUT2D eigenvalue weighted by atomic mass is 35.5. The summed E-state index contributed by atoms with van der Waals surface area (Å²) in [5, 5.41) is 2.76. The summed E-state index contributed by atoms with van der Waals surface area (Å²) in [6.45, 7) is 3.63. The van der Waals surface area contributed by atoms with Crippen LogP contribution in [0.3, 0.4) is 0 Å². The molecular formula is C15H16ClN3S. The Balaban J connectivity index is 2.25. The van der Waals surface area contributed by atoms with E-state index >= 15 is 0 Å². The highest BCUT2D eigenvalue weighted by Gasteiger charge is 2.15. The molecule has 2 N–H and O–H groups in total. The molecule has 0 saturated heterocycles. The number of nitrogens with two attached hydrogens (primary N) is 1. The number of thiophene rings is 1. The molecule has 0 saturated carbocycles. The number of rotatable bonds is 4. The lowest BCUT2D eigenvalue weighted by Gasteiger charge is -2.06. The van der Waals surface area contributed by atoms with E-state index in [9.17, 15) is 0 Å². The third-order valence-corrected chi connectivity index (χ3v) is 4.65. The van der Waals surface area contributed by atoms with Gasteiger partial charge in [0.15, 0.2) is 5.82 Å². The van der Waals surface area contributed by atoms with Crippen LogP contribution in [0.4, 0.5) is 0 Å². The molecule has 5 heteroatoms. The topological polar surface area (TPSA) is 43.8 Å². The van der Waals surface area contributed by atoms with Crippen molar-refractivity contribution in [1.82, 2.24) is 9.55 Å². The van der Waals surface area contributed by atoms with Gasteiger partial charge in [-0.15, -0.1) is 11.3 Å². The summed E-state index contributed by atoms with van der Waals surface area (Å²) in [6, 6.07) is 8.15. The highest BCUT2D eigenvalue weighted by Crippen LogP contribution is 2.34. The summed E-state index contributed by atoms with van der Waals surface area (Å²) in [6.07, 6.45) is 1.06. The number of fused-ring (bicyclic) bond motifs is 1. The zero-order valence-electron chi connectivity index (χ0n) is 11.3. The average molecular weight is 306 g/mol. The molecule has 0 bridgehead atoms. The molecule has 0 aliphatic rings. The van der Waals surface area contributed by atoms with Gasteiger partial charge in [0, 0.05) is 13.1 Å². The van der Waals surface area contributed by atoms with Crippen LogP contribution in [-0.4, -0.2) is 9.55 Å². The van der Waals surface area contributed by atoms with Gasteiger partial charge in [0.05, 0.1) is 20.9 Å². The van der Waals surface area contributed by atoms with Crippen molar-refractivity contribution in [2.75, 3.05) is 0 Å². The van der Waals surface area contributed by atoms with Crippen molar-refractivity contribution in [2.45, 2.75) is 26.4 Å². The van der Waals surface area contributed by atoms with E-state index in [2.05, 4.69) is 29.7 Å². The van der Waals surface area contributed by atoms with Gasteiger partial charge in [-0.1, -0.05) is 24.6 Å². The van der Waals surface area contributed by atoms with Crippen molar-refractivity contribution >= 4 is 34.0 Å². The fraction of sp³-hybridized carbons (Fsp3) is 0.267. The molecule has 0 aliphatic carbocycles. The molecule has 0 atom stereocenters. The second-order valence-corrected chi connectivity index (χ2v) is 6.04. The maximum atomic E-state index is 6.27. The second kappa shape index (κ2) is 5.56. The van der Waals surface area contributed by atoms with Crippen molar-refractivity contribution in [3.8, 4) is 10.7 Å². The molecule has 0 radical (unpaired) electrons. The van der Waals surface area contributed by atoms with Gasteiger partial charge >= 0.3 is 0 Å². The van der Waals surface area contributed by atoms with E-state index in [-0.39, 0.29) is 0 Å². The van der Waals surface area contributed by atoms with Crippen LogP contribution in [0.15, 0.2) is 29.6 Å². The molecule has 3 nitrogen and oxygen atoms in total. The first-order valence-corrected chi connectivity index (χ1v) is 7.93. The van der Waals surface area contributed by atoms with Crippen LogP contribution in [0.1, 0.15) is 18.9 Å². The summed E-state index contributed by atoms with van der Waals surface area (Å²) in [7, 11) is 0. The van der Waals surface area contributed by atoms with E-state index in [1.165, 1.54) is 0 Å². The molecule has 3 aromatic rings. The third kappa shape index (κ3) is 2.24. The second-order valence-electron chi connectivity index (χ2n) is 4.71. The summed E-state index contributed by atoms with van der Waals surface area (Å²) in [5.41, 5.74) is 8.94. The Hall–Kier alpha value is -1.36. The summed E-state index contributed by atoms with van der Waals surface area (Å²) in [5.74, 6) is 0.955. The molecule has 0 aliphatic heterocycles. The predicted molar refractivity (Wildman–Crippen MR) is 86.2 cm³/mol. The van der Waals surface area contributed by atoms with Gasteiger partial charge in [0.2, 0.25) is 0 Å². The van der Waals surface area contributed by atoms with E-state index in [0.717, 1.165) is 45.3 Å². The van der Waals surface area contributed by atoms with E-state index < -0.39 is 0 Å². The number of halogens is 1. The Bertz CT molecular complexity index is 745. The fourth-order valence-corrected chi connectivity index (χ4v) is 3.52. The number of aromatic nitrogens is 2. The molecule has 20 heavy (non-hydrogen) atoms. The Morgan fingerprint density at radius 3 is 2.85 bits per heavy atom. The molecule has 2 aromatic heterocycles. The smallest absolute Gasteiger partial charge is 0.152 e. The van der Waals surface area contributed by atoms with Crippen LogP contribution in [0, 0.1) is 0 Å². The summed E-state index contributed by atoms with van der Waals surface area (Å²) >= 11 is 7.90. The number of hydrogen-bond donors (Lipinski definition) is 1. The lowest BCUT2D eigenvalue weighted by atomic mass is 10.2. The predicted octanol–water partition coefficient (Wildman–Crippen LogP) is 4.29. The molecule has 0 unspecified atom stereocenters. The first kappa shape index (κ1) is 13.6. The van der Waals surface area contributed by atoms with E-state index in [1.807, 2.05) is 11.4 Å². The van der Waals surface area contributed by atoms with Crippen LogP contribution in [0.2, 0.25) is 5.02 Å². The normalized spacial score (nSPS) is 11.3. The van der Waals surface area contributed by atoms with E-state index in [0.29, 0.717) is 6.54 Å². The molecule has 2 heterocycles. The van der Waals surface area contributed by atoms with Crippen LogP contribution in [0.5, 0.6) is 0 Å². The van der Waals surface area contributed by atoms with Crippen molar-refractivity contribution < 1.29 is 0 Å². The highest BCUT2D eigenvalue weighted by molar-refractivity contribution is 7.14. The average Bonchev–Trinajstić information content (AvgIpc) is 3.02. The number of nitrogens with zero attached hydrogens (tertiary/aromatic N) is 2. The number of benzene rings is 1.